The van der Waals surface area contributed by atoms with E-state index in [-0.39, 0.29) is 22.9 Å². The highest BCUT2D eigenvalue weighted by atomic mass is 35.5. The van der Waals surface area contributed by atoms with Crippen LogP contribution in [0.1, 0.15) is 19.8 Å². The zero-order chi connectivity index (χ0) is 18.0. The van der Waals surface area contributed by atoms with Gasteiger partial charge in [-0.1, -0.05) is 11.6 Å². The normalized spacial score (nSPS) is 15.2. The van der Waals surface area contributed by atoms with Crippen LogP contribution in [0.4, 0.5) is 5.69 Å². The van der Waals surface area contributed by atoms with Crippen molar-refractivity contribution in [2.75, 3.05) is 25.0 Å². The molecule has 8 heteroatoms. The highest BCUT2D eigenvalue weighted by Crippen LogP contribution is 2.28. The number of anilines is 1. The van der Waals surface area contributed by atoms with Crippen molar-refractivity contribution in [3.63, 3.8) is 0 Å². The van der Waals surface area contributed by atoms with E-state index >= 15 is 0 Å². The van der Waals surface area contributed by atoms with Crippen molar-refractivity contribution in [2.45, 2.75) is 19.8 Å². The van der Waals surface area contributed by atoms with Gasteiger partial charge in [-0.3, -0.25) is 14.6 Å². The second-order valence-electron chi connectivity index (χ2n) is 6.14. The van der Waals surface area contributed by atoms with Gasteiger partial charge in [-0.05, 0) is 25.0 Å². The highest BCUT2D eigenvalue weighted by Gasteiger charge is 2.30. The molecule has 132 valence electrons. The number of pyridine rings is 1. The average Bonchev–Trinajstić information content (AvgIpc) is 3.03. The number of amides is 2. The Balaban J connectivity index is 1.73. The van der Waals surface area contributed by atoms with Crippen LogP contribution in [-0.2, 0) is 9.59 Å². The second-order valence-corrected chi connectivity index (χ2v) is 6.50. The Bertz CT molecular complexity index is 769. The van der Waals surface area contributed by atoms with Crippen LogP contribution in [0.15, 0.2) is 30.7 Å². The van der Waals surface area contributed by atoms with Crippen LogP contribution >= 0.6 is 11.6 Å². The third-order valence-electron chi connectivity index (χ3n) is 4.54. The quantitative estimate of drug-likeness (QED) is 0.839. The summed E-state index contributed by atoms with van der Waals surface area (Å²) in [5.74, 6) is -0.0608. The second kappa shape index (κ2) is 7.23. The van der Waals surface area contributed by atoms with Crippen molar-refractivity contribution in [1.29, 1.82) is 0 Å². The summed E-state index contributed by atoms with van der Waals surface area (Å²) < 4.78 is 1.60. The van der Waals surface area contributed by atoms with Crippen LogP contribution in [0.25, 0.3) is 5.69 Å². The number of carbonyl (C=O) groups excluding carboxylic acids is 2. The van der Waals surface area contributed by atoms with Crippen molar-refractivity contribution in [2.24, 2.45) is 5.92 Å². The molecule has 3 rings (SSSR count). The van der Waals surface area contributed by atoms with E-state index in [4.69, 9.17) is 11.6 Å². The molecule has 2 aromatic heterocycles. The Labute approximate surface area is 151 Å². The van der Waals surface area contributed by atoms with Crippen molar-refractivity contribution in [1.82, 2.24) is 19.7 Å². The van der Waals surface area contributed by atoms with E-state index in [0.717, 1.165) is 5.69 Å². The molecule has 0 aromatic carbocycles. The largest absolute Gasteiger partial charge is 0.343 e. The maximum atomic E-state index is 12.8. The summed E-state index contributed by atoms with van der Waals surface area (Å²) in [6, 6.07) is 3.67. The van der Waals surface area contributed by atoms with Crippen LogP contribution in [0.5, 0.6) is 0 Å². The van der Waals surface area contributed by atoms with E-state index < -0.39 is 0 Å². The topological polar surface area (TPSA) is 71.3 Å². The molecular weight excluding hydrogens is 342 g/mol. The first-order chi connectivity index (χ1) is 12.0. The molecule has 0 radical (unpaired) electrons. The minimum absolute atomic E-state index is 0.00385. The van der Waals surface area contributed by atoms with Crippen molar-refractivity contribution < 1.29 is 9.59 Å². The molecule has 0 saturated carbocycles. The number of rotatable bonds is 3. The molecule has 0 bridgehead atoms. The van der Waals surface area contributed by atoms with Crippen LogP contribution < -0.4 is 4.90 Å². The zero-order valence-electron chi connectivity index (χ0n) is 14.2. The first-order valence-corrected chi connectivity index (χ1v) is 8.54. The van der Waals surface area contributed by atoms with E-state index in [0.29, 0.717) is 31.6 Å². The van der Waals surface area contributed by atoms with Crippen LogP contribution in [0.2, 0.25) is 5.15 Å². The van der Waals surface area contributed by atoms with E-state index in [9.17, 15) is 9.59 Å². The number of piperidine rings is 1. The molecule has 1 fully saturated rings. The molecule has 0 atom stereocenters. The molecule has 2 amide bonds. The predicted octanol–water partition coefficient (Wildman–Crippen LogP) is 2.14. The number of hydrogen-bond acceptors (Lipinski definition) is 4. The van der Waals surface area contributed by atoms with Gasteiger partial charge in [-0.2, -0.15) is 5.10 Å². The summed E-state index contributed by atoms with van der Waals surface area (Å²) >= 11 is 6.24. The van der Waals surface area contributed by atoms with Crippen molar-refractivity contribution in [3.8, 4) is 5.69 Å². The summed E-state index contributed by atoms with van der Waals surface area (Å²) in [4.78, 5) is 31.6. The maximum Gasteiger partial charge on any atom is 0.230 e. The number of nitrogens with zero attached hydrogens (tertiary/aromatic N) is 5. The van der Waals surface area contributed by atoms with Crippen LogP contribution in [-0.4, -0.2) is 51.6 Å². The molecule has 0 unspecified atom stereocenters. The lowest BCUT2D eigenvalue weighted by Crippen LogP contribution is -2.42. The molecule has 0 aliphatic carbocycles. The molecule has 7 nitrogen and oxygen atoms in total. The summed E-state index contributed by atoms with van der Waals surface area (Å²) in [7, 11) is 1.70. The fourth-order valence-electron chi connectivity index (χ4n) is 3.02. The van der Waals surface area contributed by atoms with Gasteiger partial charge in [-0.25, -0.2) is 4.68 Å². The van der Waals surface area contributed by atoms with Gasteiger partial charge in [0, 0.05) is 39.2 Å². The number of halogens is 1. The Morgan fingerprint density at radius 3 is 2.64 bits per heavy atom. The molecule has 0 N–H and O–H groups in total. The van der Waals surface area contributed by atoms with Crippen molar-refractivity contribution in [3.05, 3.63) is 35.9 Å². The van der Waals surface area contributed by atoms with Gasteiger partial charge in [0.25, 0.3) is 0 Å². The van der Waals surface area contributed by atoms with Gasteiger partial charge in [0.05, 0.1) is 18.1 Å². The van der Waals surface area contributed by atoms with Gasteiger partial charge in [0.15, 0.2) is 5.15 Å². The Morgan fingerprint density at radius 1 is 1.32 bits per heavy atom. The van der Waals surface area contributed by atoms with E-state index in [2.05, 4.69) is 10.1 Å². The van der Waals surface area contributed by atoms with Gasteiger partial charge >= 0.3 is 0 Å². The molecule has 1 saturated heterocycles. The maximum absolute atomic E-state index is 12.8. The molecule has 1 aliphatic rings. The first-order valence-electron chi connectivity index (χ1n) is 8.16. The Hall–Kier alpha value is -2.41. The standard InChI is InChI=1S/C17H20ClN5O2/c1-12(24)22-8-5-13(6-9-22)17(25)21(2)15-11-23(20-16(15)18)14-4-3-7-19-10-14/h3-4,7,10-11,13H,5-6,8-9H2,1-2H3. The minimum Gasteiger partial charge on any atom is -0.343 e. The van der Waals surface area contributed by atoms with E-state index in [1.54, 1.807) is 47.0 Å². The monoisotopic (exact) mass is 361 g/mol. The smallest absolute Gasteiger partial charge is 0.230 e. The third kappa shape index (κ3) is 3.66. The molecular formula is C17H20ClN5O2. The Kier molecular flexibility index (Phi) is 5.03. The number of likely N-dealkylation sites (tertiary alicyclic amines) is 1. The van der Waals surface area contributed by atoms with Gasteiger partial charge < -0.3 is 9.80 Å². The Morgan fingerprint density at radius 2 is 2.04 bits per heavy atom. The highest BCUT2D eigenvalue weighted by molar-refractivity contribution is 6.32. The first kappa shape index (κ1) is 17.4. The van der Waals surface area contributed by atoms with Crippen LogP contribution in [0, 0.1) is 5.92 Å². The summed E-state index contributed by atoms with van der Waals surface area (Å²) in [6.45, 7) is 2.78. The lowest BCUT2D eigenvalue weighted by Gasteiger charge is -2.32. The van der Waals surface area contributed by atoms with Gasteiger partial charge in [0.2, 0.25) is 11.8 Å². The number of aromatic nitrogens is 3. The predicted molar refractivity (Wildman–Crippen MR) is 94.8 cm³/mol. The van der Waals surface area contributed by atoms with Gasteiger partial charge in [0.1, 0.15) is 5.69 Å². The van der Waals surface area contributed by atoms with Crippen LogP contribution in [0.3, 0.4) is 0 Å². The molecule has 3 heterocycles. The lowest BCUT2D eigenvalue weighted by atomic mass is 9.95. The minimum atomic E-state index is -0.113. The molecule has 25 heavy (non-hydrogen) atoms. The fraction of sp³-hybridized carbons (Fsp3) is 0.412. The number of carbonyl (C=O) groups is 2. The molecule has 0 spiro atoms. The van der Waals surface area contributed by atoms with E-state index in [1.807, 2.05) is 12.1 Å². The summed E-state index contributed by atoms with van der Waals surface area (Å²) in [5, 5.41) is 4.52. The number of hydrogen-bond donors (Lipinski definition) is 0. The SMILES string of the molecule is CC(=O)N1CCC(C(=O)N(C)c2cn(-c3cccnc3)nc2Cl)CC1. The van der Waals surface area contributed by atoms with Crippen molar-refractivity contribution >= 4 is 29.1 Å². The summed E-state index contributed by atoms with van der Waals surface area (Å²) in [5.41, 5.74) is 1.33. The van der Waals surface area contributed by atoms with Gasteiger partial charge in [-0.15, -0.1) is 0 Å². The average molecular weight is 362 g/mol. The molecule has 2 aromatic rings. The fourth-order valence-corrected chi connectivity index (χ4v) is 3.28. The van der Waals surface area contributed by atoms with E-state index in [1.165, 1.54) is 0 Å². The zero-order valence-corrected chi connectivity index (χ0v) is 15.0. The molecule has 1 aliphatic heterocycles. The third-order valence-corrected chi connectivity index (χ3v) is 4.81. The summed E-state index contributed by atoms with van der Waals surface area (Å²) in [6.07, 6.45) is 6.40. The lowest BCUT2D eigenvalue weighted by molar-refractivity contribution is -0.133.